The second-order valence-corrected chi connectivity index (χ2v) is 13.0. The molecule has 0 amide bonds. The third kappa shape index (κ3) is 5.77. The number of halogens is 1. The van der Waals surface area contributed by atoms with E-state index in [0.29, 0.717) is 29.0 Å². The minimum atomic E-state index is -3.75. The molecular weight excluding hydrogens is 531 g/mol. The van der Waals surface area contributed by atoms with Gasteiger partial charge >= 0.3 is 0 Å². The van der Waals surface area contributed by atoms with E-state index in [1.165, 1.54) is 28.6 Å². The fraction of sp³-hybridized carbons (Fsp3) is 0.387. The Morgan fingerprint density at radius 3 is 2.58 bits per heavy atom. The summed E-state index contributed by atoms with van der Waals surface area (Å²) >= 11 is 0. The van der Waals surface area contributed by atoms with Crippen LogP contribution < -0.4 is 5.32 Å². The Morgan fingerprint density at radius 2 is 1.88 bits per heavy atom. The molecule has 1 radical (unpaired) electrons. The SMILES string of the molecule is Cc1c(F)cccc1[C@H]1[C@@H](C(=O)c2cccc(O)c2)CN(S(=O)(=O)CCCC2CNC2)C[C@@H]1c1cc[c]cc1O. The van der Waals surface area contributed by atoms with Crippen LogP contribution in [0.2, 0.25) is 0 Å². The van der Waals surface area contributed by atoms with Crippen LogP contribution in [0.5, 0.6) is 11.5 Å². The fourth-order valence-electron chi connectivity index (χ4n) is 6.06. The molecule has 0 saturated carbocycles. The quantitative estimate of drug-likeness (QED) is 0.333. The topological polar surface area (TPSA) is 107 Å². The Morgan fingerprint density at radius 1 is 1.10 bits per heavy atom. The number of hydrogen-bond acceptors (Lipinski definition) is 6. The highest BCUT2D eigenvalue weighted by Crippen LogP contribution is 2.48. The molecule has 7 nitrogen and oxygen atoms in total. The van der Waals surface area contributed by atoms with Crippen LogP contribution in [0.25, 0.3) is 0 Å². The number of Topliss-reactive ketones (excluding diaryl/α,β-unsaturated/α-hetero) is 1. The van der Waals surface area contributed by atoms with Crippen molar-refractivity contribution in [1.82, 2.24) is 9.62 Å². The molecule has 9 heteroatoms. The predicted molar refractivity (Wildman–Crippen MR) is 150 cm³/mol. The number of piperidine rings is 1. The smallest absolute Gasteiger partial charge is 0.214 e. The predicted octanol–water partition coefficient (Wildman–Crippen LogP) is 4.36. The van der Waals surface area contributed by atoms with Crippen LogP contribution >= 0.6 is 0 Å². The maximum absolute atomic E-state index is 14.9. The molecule has 2 saturated heterocycles. The van der Waals surface area contributed by atoms with Crippen LogP contribution in [0.3, 0.4) is 0 Å². The second kappa shape index (κ2) is 11.7. The molecule has 3 N–H and O–H groups in total. The summed E-state index contributed by atoms with van der Waals surface area (Å²) in [5.41, 5.74) is 1.68. The number of carbonyl (C=O) groups excluding carboxylic acids is 1. The first-order chi connectivity index (χ1) is 19.2. The van der Waals surface area contributed by atoms with E-state index in [1.807, 2.05) is 0 Å². The van der Waals surface area contributed by atoms with Crippen LogP contribution in [0.4, 0.5) is 4.39 Å². The maximum Gasteiger partial charge on any atom is 0.214 e. The monoisotopic (exact) mass is 565 g/mol. The summed E-state index contributed by atoms with van der Waals surface area (Å²) in [5, 5.41) is 24.1. The van der Waals surface area contributed by atoms with Crippen molar-refractivity contribution in [3.8, 4) is 11.5 Å². The number of phenolic OH excluding ortho intramolecular Hbond substituents is 2. The zero-order valence-electron chi connectivity index (χ0n) is 22.4. The van der Waals surface area contributed by atoms with E-state index in [4.69, 9.17) is 0 Å². The molecule has 40 heavy (non-hydrogen) atoms. The summed E-state index contributed by atoms with van der Waals surface area (Å²) in [7, 11) is -3.75. The number of ketones is 1. The Kier molecular flexibility index (Phi) is 8.26. The number of rotatable bonds is 9. The molecule has 3 atom stereocenters. The lowest BCUT2D eigenvalue weighted by Crippen LogP contribution is -2.50. The van der Waals surface area contributed by atoms with Crippen molar-refractivity contribution in [2.45, 2.75) is 31.6 Å². The van der Waals surface area contributed by atoms with Crippen molar-refractivity contribution in [1.29, 1.82) is 0 Å². The number of aromatic hydroxyl groups is 2. The van der Waals surface area contributed by atoms with E-state index < -0.39 is 33.6 Å². The van der Waals surface area contributed by atoms with E-state index >= 15 is 0 Å². The van der Waals surface area contributed by atoms with Crippen LogP contribution in [0, 0.1) is 30.6 Å². The molecule has 0 bridgehead atoms. The average Bonchev–Trinajstić information content (AvgIpc) is 2.91. The molecule has 3 aromatic carbocycles. The molecule has 2 heterocycles. The molecule has 2 aliphatic rings. The van der Waals surface area contributed by atoms with Crippen molar-refractivity contribution >= 4 is 15.8 Å². The zero-order chi connectivity index (χ0) is 28.4. The Labute approximate surface area is 234 Å². The summed E-state index contributed by atoms with van der Waals surface area (Å²) in [6, 6.07) is 18.2. The van der Waals surface area contributed by atoms with Gasteiger partial charge in [0.15, 0.2) is 5.78 Å². The van der Waals surface area contributed by atoms with E-state index in [9.17, 15) is 27.8 Å². The summed E-state index contributed by atoms with van der Waals surface area (Å²) < 4.78 is 43.6. The van der Waals surface area contributed by atoms with Crippen molar-refractivity contribution in [3.05, 3.63) is 94.8 Å². The van der Waals surface area contributed by atoms with Gasteiger partial charge in [-0.3, -0.25) is 4.79 Å². The Bertz CT molecular complexity index is 1490. The lowest BCUT2D eigenvalue weighted by Gasteiger charge is -2.44. The third-order valence-corrected chi connectivity index (χ3v) is 10.2. The van der Waals surface area contributed by atoms with Gasteiger partial charge in [0.05, 0.1) is 5.75 Å². The van der Waals surface area contributed by atoms with E-state index in [0.717, 1.165) is 19.5 Å². The van der Waals surface area contributed by atoms with Gasteiger partial charge in [0.2, 0.25) is 10.0 Å². The molecule has 0 spiro atoms. The molecule has 0 unspecified atom stereocenters. The van der Waals surface area contributed by atoms with Crippen molar-refractivity contribution in [2.75, 3.05) is 31.9 Å². The molecular formula is C31H34FN2O5S. The van der Waals surface area contributed by atoms with Gasteiger partial charge < -0.3 is 15.5 Å². The number of carbonyl (C=O) groups is 1. The van der Waals surface area contributed by atoms with Crippen molar-refractivity contribution in [2.24, 2.45) is 11.8 Å². The molecule has 2 fully saturated rings. The summed E-state index contributed by atoms with van der Waals surface area (Å²) in [4.78, 5) is 14.1. The molecule has 5 rings (SSSR count). The highest BCUT2D eigenvalue weighted by atomic mass is 32.2. The standard InChI is InChI=1S/C31H34FN2O5S/c1-20-24(11-5-12-28(20)32)30-26(25-10-2-3-13-29(25)36)18-34(40(38,39)14-6-7-21-16-33-17-21)19-27(30)31(37)22-8-4-9-23(35)15-22/h2,4-5,8-13,15,21,26-27,30,33,35-36H,6-7,14,16-19H2,1H3/t26-,27+,30-/m1/s1. The Hall–Kier alpha value is -3.27. The van der Waals surface area contributed by atoms with Crippen LogP contribution in [-0.2, 0) is 10.0 Å². The number of phenols is 2. The number of hydrogen-bond donors (Lipinski definition) is 3. The normalized spacial score (nSPS) is 22.1. The number of benzene rings is 3. The minimum Gasteiger partial charge on any atom is -0.508 e. The fourth-order valence-corrected chi connectivity index (χ4v) is 7.63. The first-order valence-electron chi connectivity index (χ1n) is 13.6. The van der Waals surface area contributed by atoms with Gasteiger partial charge in [-0.15, -0.1) is 0 Å². The number of nitrogens with zero attached hydrogens (tertiary/aromatic N) is 1. The average molecular weight is 566 g/mol. The van der Waals surface area contributed by atoms with Gasteiger partial charge in [-0.2, -0.15) is 0 Å². The van der Waals surface area contributed by atoms with Gasteiger partial charge in [-0.25, -0.2) is 17.1 Å². The molecule has 3 aromatic rings. The molecule has 211 valence electrons. The van der Waals surface area contributed by atoms with Gasteiger partial charge in [-0.05, 0) is 85.8 Å². The first-order valence-corrected chi connectivity index (χ1v) is 15.2. The van der Waals surface area contributed by atoms with Gasteiger partial charge in [0.1, 0.15) is 17.3 Å². The molecule has 2 aliphatic heterocycles. The van der Waals surface area contributed by atoms with Crippen LogP contribution in [0.1, 0.15) is 51.7 Å². The number of sulfonamides is 1. The van der Waals surface area contributed by atoms with Gasteiger partial charge in [-0.1, -0.05) is 36.4 Å². The highest BCUT2D eigenvalue weighted by Gasteiger charge is 2.46. The summed E-state index contributed by atoms with van der Waals surface area (Å²) in [6.07, 6.45) is 1.31. The summed E-state index contributed by atoms with van der Waals surface area (Å²) in [5.74, 6) is -2.65. The largest absolute Gasteiger partial charge is 0.508 e. The number of nitrogens with one attached hydrogen (secondary N) is 1. The third-order valence-electron chi connectivity index (χ3n) is 8.35. The minimum absolute atomic E-state index is 0.0370. The molecule has 0 aromatic heterocycles. The lowest BCUT2D eigenvalue weighted by molar-refractivity contribution is 0.0824. The first kappa shape index (κ1) is 28.3. The van der Waals surface area contributed by atoms with E-state index in [2.05, 4.69) is 11.4 Å². The molecule has 0 aliphatic carbocycles. The van der Waals surface area contributed by atoms with Crippen molar-refractivity contribution < 1.29 is 27.8 Å². The van der Waals surface area contributed by atoms with Crippen LogP contribution in [0.15, 0.2) is 60.7 Å². The van der Waals surface area contributed by atoms with Gasteiger partial charge in [0, 0.05) is 36.4 Å². The van der Waals surface area contributed by atoms with E-state index in [1.54, 1.807) is 43.3 Å². The highest BCUT2D eigenvalue weighted by molar-refractivity contribution is 7.89. The lowest BCUT2D eigenvalue weighted by atomic mass is 9.68. The van der Waals surface area contributed by atoms with E-state index in [-0.39, 0.29) is 41.7 Å². The zero-order valence-corrected chi connectivity index (χ0v) is 23.2. The van der Waals surface area contributed by atoms with Crippen molar-refractivity contribution in [3.63, 3.8) is 0 Å². The van der Waals surface area contributed by atoms with Crippen LogP contribution in [-0.4, -0.2) is 60.7 Å². The Balaban J connectivity index is 1.60. The maximum atomic E-state index is 14.9. The summed E-state index contributed by atoms with van der Waals surface area (Å²) in [6.45, 7) is 3.39. The van der Waals surface area contributed by atoms with Gasteiger partial charge in [0.25, 0.3) is 0 Å². The second-order valence-electron chi connectivity index (χ2n) is 10.9.